The minimum absolute atomic E-state index is 0.166. The first-order valence-corrected chi connectivity index (χ1v) is 9.54. The number of carbonyl (C=O) groups is 2. The molecule has 25 heavy (non-hydrogen) atoms. The average molecular weight is 422 g/mol. The zero-order valence-electron chi connectivity index (χ0n) is 14.4. The summed E-state index contributed by atoms with van der Waals surface area (Å²) in [5.74, 6) is -0.588. The fraction of sp³-hybridized carbons (Fsp3) is 0.263. The van der Waals surface area contributed by atoms with Gasteiger partial charge in [-0.3, -0.25) is 9.59 Å². The van der Waals surface area contributed by atoms with E-state index in [1.807, 2.05) is 57.2 Å². The first-order chi connectivity index (χ1) is 11.8. The number of thioether (sulfide) groups is 1. The van der Waals surface area contributed by atoms with Crippen LogP contribution in [0.4, 0.5) is 5.69 Å². The molecule has 2 aromatic rings. The molecule has 0 heterocycles. The zero-order valence-corrected chi connectivity index (χ0v) is 16.8. The monoisotopic (exact) mass is 421 g/mol. The number of esters is 1. The average Bonchev–Trinajstić information content (AvgIpc) is 2.55. The first-order valence-electron chi connectivity index (χ1n) is 7.77. The Balaban J connectivity index is 1.79. The van der Waals surface area contributed by atoms with Gasteiger partial charge in [0.05, 0.1) is 5.75 Å². The standard InChI is InChI=1S/C19H20BrNO3S/c1-12-4-5-13(2)16(8-12)21-18(22)10-24-19(23)11-25-17-7-6-15(20)9-14(17)3/h4-9H,10-11H2,1-3H3,(H,21,22). The molecule has 0 radical (unpaired) electrons. The number of benzene rings is 2. The van der Waals surface area contributed by atoms with Crippen LogP contribution in [0, 0.1) is 20.8 Å². The summed E-state index contributed by atoms with van der Waals surface area (Å²) in [6, 6.07) is 11.7. The molecule has 0 aliphatic carbocycles. The van der Waals surface area contributed by atoms with E-state index in [2.05, 4.69) is 21.2 Å². The summed E-state index contributed by atoms with van der Waals surface area (Å²) in [4.78, 5) is 24.8. The minimum atomic E-state index is -0.413. The molecule has 4 nitrogen and oxygen atoms in total. The highest BCUT2D eigenvalue weighted by Gasteiger charge is 2.10. The predicted molar refractivity (Wildman–Crippen MR) is 105 cm³/mol. The van der Waals surface area contributed by atoms with E-state index in [1.54, 1.807) is 0 Å². The van der Waals surface area contributed by atoms with Crippen molar-refractivity contribution in [3.63, 3.8) is 0 Å². The highest BCUT2D eigenvalue weighted by atomic mass is 79.9. The Hall–Kier alpha value is -1.79. The van der Waals surface area contributed by atoms with Gasteiger partial charge in [-0.2, -0.15) is 0 Å². The maximum absolute atomic E-state index is 11.9. The molecule has 0 aliphatic rings. The van der Waals surface area contributed by atoms with Crippen molar-refractivity contribution in [1.29, 1.82) is 0 Å². The van der Waals surface area contributed by atoms with Crippen LogP contribution in [0.1, 0.15) is 16.7 Å². The lowest BCUT2D eigenvalue weighted by Gasteiger charge is -2.10. The van der Waals surface area contributed by atoms with Crippen molar-refractivity contribution >= 4 is 45.3 Å². The van der Waals surface area contributed by atoms with Gasteiger partial charge in [-0.1, -0.05) is 28.1 Å². The fourth-order valence-corrected chi connectivity index (χ4v) is 3.44. The molecule has 2 aromatic carbocycles. The third-order valence-corrected chi connectivity index (χ3v) is 5.16. The number of carbonyl (C=O) groups excluding carboxylic acids is 2. The lowest BCUT2D eigenvalue weighted by Crippen LogP contribution is -2.22. The Kier molecular flexibility index (Phi) is 7.08. The molecular formula is C19H20BrNO3S. The molecule has 0 unspecified atom stereocenters. The Morgan fingerprint density at radius 3 is 2.56 bits per heavy atom. The number of nitrogens with one attached hydrogen (secondary N) is 1. The summed E-state index contributed by atoms with van der Waals surface area (Å²) in [7, 11) is 0. The summed E-state index contributed by atoms with van der Waals surface area (Å²) in [6.45, 7) is 5.57. The van der Waals surface area contributed by atoms with Gasteiger partial charge in [0.2, 0.25) is 0 Å². The molecule has 0 fully saturated rings. The first kappa shape index (κ1) is 19.5. The number of halogens is 1. The van der Waals surface area contributed by atoms with Crippen molar-refractivity contribution in [2.24, 2.45) is 0 Å². The summed E-state index contributed by atoms with van der Waals surface area (Å²) in [5, 5.41) is 2.77. The van der Waals surface area contributed by atoms with E-state index in [0.29, 0.717) is 0 Å². The molecule has 0 saturated heterocycles. The van der Waals surface area contributed by atoms with Crippen LogP contribution in [-0.2, 0) is 14.3 Å². The van der Waals surface area contributed by atoms with Gasteiger partial charge in [0.1, 0.15) is 0 Å². The molecule has 0 saturated carbocycles. The summed E-state index contributed by atoms with van der Waals surface area (Å²) in [6.07, 6.45) is 0. The molecule has 0 spiro atoms. The van der Waals surface area contributed by atoms with Crippen LogP contribution in [-0.4, -0.2) is 24.2 Å². The number of aryl methyl sites for hydroxylation is 3. The third kappa shape index (κ3) is 6.21. The molecule has 1 amide bonds. The van der Waals surface area contributed by atoms with Crippen LogP contribution in [0.25, 0.3) is 0 Å². The molecule has 0 aromatic heterocycles. The SMILES string of the molecule is Cc1ccc(C)c(NC(=O)COC(=O)CSc2ccc(Br)cc2C)c1. The van der Waals surface area contributed by atoms with Gasteiger partial charge in [-0.05, 0) is 61.7 Å². The van der Waals surface area contributed by atoms with Crippen LogP contribution in [0.3, 0.4) is 0 Å². The number of hydrogen-bond acceptors (Lipinski definition) is 4. The Morgan fingerprint density at radius 1 is 1.08 bits per heavy atom. The molecule has 1 N–H and O–H groups in total. The maximum atomic E-state index is 11.9. The zero-order chi connectivity index (χ0) is 18.4. The Morgan fingerprint density at radius 2 is 1.84 bits per heavy atom. The van der Waals surface area contributed by atoms with Crippen molar-refractivity contribution in [1.82, 2.24) is 0 Å². The molecule has 2 rings (SSSR count). The van der Waals surface area contributed by atoms with Gasteiger partial charge < -0.3 is 10.1 Å². The Bertz CT molecular complexity index is 792. The van der Waals surface area contributed by atoms with Crippen LogP contribution in [0.2, 0.25) is 0 Å². The second kappa shape index (κ2) is 9.06. The van der Waals surface area contributed by atoms with Crippen molar-refractivity contribution in [3.05, 3.63) is 57.6 Å². The van der Waals surface area contributed by atoms with Crippen LogP contribution in [0.15, 0.2) is 45.8 Å². The minimum Gasteiger partial charge on any atom is -0.455 e. The highest BCUT2D eigenvalue weighted by molar-refractivity contribution is 9.10. The highest BCUT2D eigenvalue weighted by Crippen LogP contribution is 2.25. The predicted octanol–water partition coefficient (Wildman–Crippen LogP) is 4.65. The van der Waals surface area contributed by atoms with E-state index < -0.39 is 5.97 Å². The van der Waals surface area contributed by atoms with Gasteiger partial charge in [0, 0.05) is 15.1 Å². The topological polar surface area (TPSA) is 55.4 Å². The van der Waals surface area contributed by atoms with Gasteiger partial charge >= 0.3 is 5.97 Å². The van der Waals surface area contributed by atoms with Crippen LogP contribution in [0.5, 0.6) is 0 Å². The second-order valence-corrected chi connectivity index (χ2v) is 7.66. The molecule has 0 atom stereocenters. The molecule has 0 bridgehead atoms. The smallest absolute Gasteiger partial charge is 0.316 e. The van der Waals surface area contributed by atoms with E-state index in [1.165, 1.54) is 11.8 Å². The quantitative estimate of drug-likeness (QED) is 0.544. The molecule has 6 heteroatoms. The van der Waals surface area contributed by atoms with Crippen LogP contribution < -0.4 is 5.32 Å². The summed E-state index contributed by atoms with van der Waals surface area (Å²) < 4.78 is 6.05. The van der Waals surface area contributed by atoms with Gasteiger partial charge in [-0.25, -0.2) is 0 Å². The molecule has 0 aliphatic heterocycles. The fourth-order valence-electron chi connectivity index (χ4n) is 2.16. The van der Waals surface area contributed by atoms with Crippen molar-refractivity contribution < 1.29 is 14.3 Å². The van der Waals surface area contributed by atoms with E-state index >= 15 is 0 Å². The van der Waals surface area contributed by atoms with Crippen molar-refractivity contribution in [2.75, 3.05) is 17.7 Å². The van der Waals surface area contributed by atoms with E-state index in [0.717, 1.165) is 31.7 Å². The number of hydrogen-bond donors (Lipinski definition) is 1. The Labute approximate surface area is 160 Å². The second-order valence-electron chi connectivity index (χ2n) is 5.73. The lowest BCUT2D eigenvalue weighted by atomic mass is 10.1. The van der Waals surface area contributed by atoms with E-state index in [9.17, 15) is 9.59 Å². The number of rotatable bonds is 6. The number of anilines is 1. The largest absolute Gasteiger partial charge is 0.455 e. The van der Waals surface area contributed by atoms with Crippen molar-refractivity contribution in [2.45, 2.75) is 25.7 Å². The molecular weight excluding hydrogens is 402 g/mol. The van der Waals surface area contributed by atoms with Crippen molar-refractivity contribution in [3.8, 4) is 0 Å². The number of amides is 1. The van der Waals surface area contributed by atoms with Crippen LogP contribution >= 0.6 is 27.7 Å². The summed E-state index contributed by atoms with van der Waals surface area (Å²) in [5.41, 5.74) is 3.84. The van der Waals surface area contributed by atoms with Gasteiger partial charge in [0.25, 0.3) is 5.91 Å². The van der Waals surface area contributed by atoms with Gasteiger partial charge in [0.15, 0.2) is 6.61 Å². The lowest BCUT2D eigenvalue weighted by molar-refractivity contribution is -0.144. The maximum Gasteiger partial charge on any atom is 0.316 e. The third-order valence-electron chi connectivity index (χ3n) is 3.51. The number of ether oxygens (including phenoxy) is 1. The van der Waals surface area contributed by atoms with E-state index in [4.69, 9.17) is 4.74 Å². The van der Waals surface area contributed by atoms with Gasteiger partial charge in [-0.15, -0.1) is 11.8 Å². The summed E-state index contributed by atoms with van der Waals surface area (Å²) >= 11 is 4.81. The molecule has 132 valence electrons. The normalized spacial score (nSPS) is 10.4. The van der Waals surface area contributed by atoms with E-state index in [-0.39, 0.29) is 18.3 Å².